The zero-order valence-electron chi connectivity index (χ0n) is 12.9. The number of nitrogens with zero attached hydrogens (tertiary/aromatic N) is 5. The second kappa shape index (κ2) is 6.19. The van der Waals surface area contributed by atoms with Crippen LogP contribution < -0.4 is 0 Å². The summed E-state index contributed by atoms with van der Waals surface area (Å²) in [5.74, 6) is 1.09. The highest BCUT2D eigenvalue weighted by molar-refractivity contribution is 5.79. The molecule has 7 heteroatoms. The minimum Gasteiger partial charge on any atom is -0.337 e. The van der Waals surface area contributed by atoms with Crippen molar-refractivity contribution < 1.29 is 9.32 Å². The van der Waals surface area contributed by atoms with Crippen molar-refractivity contribution in [2.45, 2.75) is 18.9 Å². The highest BCUT2D eigenvalue weighted by Gasteiger charge is 2.31. The normalized spacial score (nSPS) is 17.4. The predicted molar refractivity (Wildman–Crippen MR) is 84.5 cm³/mol. The van der Waals surface area contributed by atoms with Crippen LogP contribution in [0, 0.1) is 0 Å². The second-order valence-electron chi connectivity index (χ2n) is 5.71. The largest absolute Gasteiger partial charge is 0.337 e. The van der Waals surface area contributed by atoms with Crippen LogP contribution >= 0.6 is 0 Å². The Labute approximate surface area is 138 Å². The van der Waals surface area contributed by atoms with Crippen molar-refractivity contribution in [2.24, 2.45) is 0 Å². The molecule has 0 N–H and O–H groups in total. The van der Waals surface area contributed by atoms with Crippen LogP contribution in [-0.2, 0) is 11.3 Å². The number of rotatable bonds is 4. The van der Waals surface area contributed by atoms with E-state index in [0.29, 0.717) is 36.9 Å². The summed E-state index contributed by atoms with van der Waals surface area (Å²) in [5.41, 5.74) is 1.72. The molecule has 0 unspecified atom stereocenters. The molecular weight excluding hydrogens is 306 g/mol. The van der Waals surface area contributed by atoms with Crippen molar-refractivity contribution in [3.8, 4) is 11.5 Å². The van der Waals surface area contributed by atoms with Gasteiger partial charge in [0.05, 0.1) is 0 Å². The first-order valence-electron chi connectivity index (χ1n) is 7.73. The SMILES string of the molecule is O=C1C[C@H](c2ccccc2)CN1Cc1nc(-c2cccnn2)no1. The van der Waals surface area contributed by atoms with Crippen molar-refractivity contribution in [1.82, 2.24) is 25.2 Å². The lowest BCUT2D eigenvalue weighted by Crippen LogP contribution is -2.24. The van der Waals surface area contributed by atoms with Crippen molar-refractivity contribution >= 4 is 5.91 Å². The summed E-state index contributed by atoms with van der Waals surface area (Å²) < 4.78 is 5.25. The number of benzene rings is 1. The third-order valence-electron chi connectivity index (χ3n) is 4.08. The molecule has 1 fully saturated rings. The molecule has 1 aromatic carbocycles. The molecule has 120 valence electrons. The number of carbonyl (C=O) groups excluding carboxylic acids is 1. The van der Waals surface area contributed by atoms with Gasteiger partial charge in [-0.25, -0.2) is 0 Å². The van der Waals surface area contributed by atoms with Gasteiger partial charge < -0.3 is 9.42 Å². The Bertz CT molecular complexity index is 834. The second-order valence-corrected chi connectivity index (χ2v) is 5.71. The van der Waals surface area contributed by atoms with E-state index in [1.807, 2.05) is 18.2 Å². The fourth-order valence-electron chi connectivity index (χ4n) is 2.88. The summed E-state index contributed by atoms with van der Waals surface area (Å²) in [6.45, 7) is 0.973. The highest BCUT2D eigenvalue weighted by atomic mass is 16.5. The minimum absolute atomic E-state index is 0.100. The molecule has 0 saturated carbocycles. The third kappa shape index (κ3) is 2.88. The molecule has 1 saturated heterocycles. The molecule has 2 aromatic heterocycles. The Kier molecular flexibility index (Phi) is 3.74. The van der Waals surface area contributed by atoms with Gasteiger partial charge in [0, 0.05) is 25.1 Å². The van der Waals surface area contributed by atoms with Crippen molar-refractivity contribution in [1.29, 1.82) is 0 Å². The fraction of sp³-hybridized carbons (Fsp3) is 0.235. The van der Waals surface area contributed by atoms with Crippen molar-refractivity contribution in [2.75, 3.05) is 6.54 Å². The van der Waals surface area contributed by atoms with Gasteiger partial charge in [-0.1, -0.05) is 35.5 Å². The maximum atomic E-state index is 12.3. The van der Waals surface area contributed by atoms with E-state index in [4.69, 9.17) is 4.52 Å². The van der Waals surface area contributed by atoms with Gasteiger partial charge in [-0.15, -0.1) is 5.10 Å². The van der Waals surface area contributed by atoms with Crippen molar-refractivity contribution in [3.63, 3.8) is 0 Å². The average Bonchev–Trinajstić information content (AvgIpc) is 3.24. The van der Waals surface area contributed by atoms with Gasteiger partial charge >= 0.3 is 0 Å². The van der Waals surface area contributed by atoms with Gasteiger partial charge in [0.1, 0.15) is 12.2 Å². The Hall–Kier alpha value is -3.09. The number of aromatic nitrogens is 4. The van der Waals surface area contributed by atoms with Crippen LogP contribution in [0.25, 0.3) is 11.5 Å². The molecule has 4 rings (SSSR count). The first kappa shape index (κ1) is 14.5. The van der Waals surface area contributed by atoms with E-state index in [1.54, 1.807) is 23.2 Å². The lowest BCUT2D eigenvalue weighted by molar-refractivity contribution is -0.128. The Morgan fingerprint density at radius 1 is 1.17 bits per heavy atom. The Morgan fingerprint density at radius 3 is 2.83 bits per heavy atom. The lowest BCUT2D eigenvalue weighted by atomic mass is 9.99. The maximum Gasteiger partial charge on any atom is 0.246 e. The first-order valence-corrected chi connectivity index (χ1v) is 7.73. The summed E-state index contributed by atoms with van der Waals surface area (Å²) in [6.07, 6.45) is 2.09. The van der Waals surface area contributed by atoms with Gasteiger partial charge in [0.2, 0.25) is 17.6 Å². The molecule has 1 aliphatic heterocycles. The number of carbonyl (C=O) groups is 1. The molecular formula is C17H15N5O2. The van der Waals surface area contributed by atoms with Crippen LogP contribution in [0.15, 0.2) is 53.2 Å². The molecule has 0 radical (unpaired) electrons. The van der Waals surface area contributed by atoms with Crippen LogP contribution in [0.4, 0.5) is 0 Å². The number of hydrogen-bond donors (Lipinski definition) is 0. The minimum atomic E-state index is 0.100. The molecule has 0 bridgehead atoms. The molecule has 1 aliphatic rings. The zero-order chi connectivity index (χ0) is 16.4. The molecule has 3 aromatic rings. The standard InChI is InChI=1S/C17H15N5O2/c23-16-9-13(12-5-2-1-3-6-12)10-22(16)11-15-19-17(21-24-15)14-7-4-8-18-20-14/h1-8,13H,9-11H2/t13-/m0/s1. The monoisotopic (exact) mass is 321 g/mol. The van der Waals surface area contributed by atoms with E-state index in [2.05, 4.69) is 32.5 Å². The summed E-state index contributed by atoms with van der Waals surface area (Å²) in [6, 6.07) is 13.6. The summed E-state index contributed by atoms with van der Waals surface area (Å²) in [4.78, 5) is 18.3. The summed E-state index contributed by atoms with van der Waals surface area (Å²) in [7, 11) is 0. The van der Waals surface area contributed by atoms with Gasteiger partial charge in [-0.2, -0.15) is 10.1 Å². The highest BCUT2D eigenvalue weighted by Crippen LogP contribution is 2.29. The number of likely N-dealkylation sites (tertiary alicyclic amines) is 1. The zero-order valence-corrected chi connectivity index (χ0v) is 12.9. The van der Waals surface area contributed by atoms with E-state index >= 15 is 0 Å². The molecule has 0 aliphatic carbocycles. The molecule has 1 amide bonds. The molecule has 1 atom stereocenters. The van der Waals surface area contributed by atoms with E-state index in [9.17, 15) is 4.79 Å². The predicted octanol–water partition coefficient (Wildman–Crippen LogP) is 2.04. The number of hydrogen-bond acceptors (Lipinski definition) is 6. The fourth-order valence-corrected chi connectivity index (χ4v) is 2.88. The lowest BCUT2D eigenvalue weighted by Gasteiger charge is -2.14. The van der Waals surface area contributed by atoms with E-state index in [1.165, 1.54) is 5.56 Å². The first-order chi connectivity index (χ1) is 11.8. The topological polar surface area (TPSA) is 85.0 Å². The molecule has 0 spiro atoms. The van der Waals surface area contributed by atoms with E-state index in [-0.39, 0.29) is 11.8 Å². The van der Waals surface area contributed by atoms with E-state index < -0.39 is 0 Å². The molecule has 3 heterocycles. The number of amides is 1. The maximum absolute atomic E-state index is 12.3. The molecule has 7 nitrogen and oxygen atoms in total. The Morgan fingerprint density at radius 2 is 2.04 bits per heavy atom. The van der Waals surface area contributed by atoms with Gasteiger partial charge in [-0.05, 0) is 17.7 Å². The quantitative estimate of drug-likeness (QED) is 0.731. The smallest absolute Gasteiger partial charge is 0.246 e. The van der Waals surface area contributed by atoms with Gasteiger partial charge in [0.25, 0.3) is 0 Å². The van der Waals surface area contributed by atoms with Crippen molar-refractivity contribution in [3.05, 3.63) is 60.1 Å². The van der Waals surface area contributed by atoms with Crippen LogP contribution in [0.1, 0.15) is 23.8 Å². The van der Waals surface area contributed by atoms with Gasteiger partial charge in [0.15, 0.2) is 0 Å². The van der Waals surface area contributed by atoms with Crippen LogP contribution in [0.2, 0.25) is 0 Å². The van der Waals surface area contributed by atoms with Gasteiger partial charge in [-0.3, -0.25) is 4.79 Å². The third-order valence-corrected chi connectivity index (χ3v) is 4.08. The Balaban J connectivity index is 1.46. The molecule has 24 heavy (non-hydrogen) atoms. The van der Waals surface area contributed by atoms with Crippen LogP contribution in [-0.4, -0.2) is 37.7 Å². The average molecular weight is 321 g/mol. The summed E-state index contributed by atoms with van der Waals surface area (Å²) >= 11 is 0. The van der Waals surface area contributed by atoms with Crippen LogP contribution in [0.3, 0.4) is 0 Å². The van der Waals surface area contributed by atoms with E-state index in [0.717, 1.165) is 0 Å². The van der Waals surface area contributed by atoms with Crippen LogP contribution in [0.5, 0.6) is 0 Å². The summed E-state index contributed by atoms with van der Waals surface area (Å²) in [5, 5.41) is 11.6.